The number of carbonyl (C=O) groups is 2. The van der Waals surface area contributed by atoms with Crippen LogP contribution in [0.15, 0.2) is 34.1 Å². The average Bonchev–Trinajstić information content (AvgIpc) is 2.93. The minimum atomic E-state index is -5.25. The van der Waals surface area contributed by atoms with Crippen LogP contribution in [0.3, 0.4) is 0 Å². The Labute approximate surface area is 197 Å². The lowest BCUT2D eigenvalue weighted by Gasteiger charge is -2.36. The molecule has 0 aliphatic carbocycles. The number of hydrogen-bond acceptors (Lipinski definition) is 8. The minimum absolute atomic E-state index is 0.333. The van der Waals surface area contributed by atoms with Gasteiger partial charge in [-0.3, -0.25) is 19.4 Å². The van der Waals surface area contributed by atoms with Gasteiger partial charge in [0.1, 0.15) is 12.2 Å². The molecule has 35 heavy (non-hydrogen) atoms. The zero-order valence-electron chi connectivity index (χ0n) is 19.5. The number of nitrogens with one attached hydrogen (secondary N) is 1. The van der Waals surface area contributed by atoms with Gasteiger partial charge in [-0.15, -0.1) is 0 Å². The Kier molecular flexibility index (Phi) is 6.23. The normalized spacial score (nSPS) is 30.7. The summed E-state index contributed by atoms with van der Waals surface area (Å²) in [7, 11) is 1.29. The molecule has 1 aromatic heterocycles. The standard InChI is InChI=1S/C22H24F3N3O7/c1-11-10-28(18(33)26-17(11)32)22(25)21(23,24)20(34,14(30)12-8-6-7-9-27(12)5)16(35-22)13(29)15(31)19(2,3)4/h6-7,9-10,12-13,16,29,34H,1-5H3/p+1/t12?,13?,16-,20-,22+/m1/s1. The number of aliphatic hydroxyl groups excluding tert-OH is 1. The molecule has 1 saturated heterocycles. The number of likely N-dealkylation sites (N-methyl/N-ethyl adjacent to an activating group) is 1. The van der Waals surface area contributed by atoms with Gasteiger partial charge < -0.3 is 19.8 Å². The van der Waals surface area contributed by atoms with Gasteiger partial charge in [-0.1, -0.05) is 20.8 Å². The number of aryl methyl sites for hydroxylation is 1. The van der Waals surface area contributed by atoms with Crippen molar-refractivity contribution < 1.29 is 37.7 Å². The number of halogens is 3. The predicted octanol–water partition coefficient (Wildman–Crippen LogP) is -0.0777. The van der Waals surface area contributed by atoms with Gasteiger partial charge >= 0.3 is 17.6 Å². The maximum absolute atomic E-state index is 16.2. The zero-order valence-corrected chi connectivity index (χ0v) is 19.5. The van der Waals surface area contributed by atoms with Gasteiger partial charge in [0.25, 0.3) is 5.56 Å². The number of aliphatic hydroxyl groups is 2. The molecule has 2 unspecified atom stereocenters. The lowest BCUT2D eigenvalue weighted by atomic mass is 9.76. The van der Waals surface area contributed by atoms with E-state index >= 15 is 13.2 Å². The van der Waals surface area contributed by atoms with E-state index in [9.17, 15) is 29.4 Å². The highest BCUT2D eigenvalue weighted by Crippen LogP contribution is 2.56. The molecule has 0 spiro atoms. The van der Waals surface area contributed by atoms with Crippen LogP contribution >= 0.6 is 0 Å². The summed E-state index contributed by atoms with van der Waals surface area (Å²) in [5.41, 5.74) is -8.60. The molecule has 5 atom stereocenters. The highest BCUT2D eigenvalue weighted by Gasteiger charge is 2.84. The summed E-state index contributed by atoms with van der Waals surface area (Å²) in [6, 6.07) is -1.68. The Morgan fingerprint density at radius 1 is 1.26 bits per heavy atom. The van der Waals surface area contributed by atoms with Crippen molar-refractivity contribution in [2.75, 3.05) is 7.05 Å². The van der Waals surface area contributed by atoms with Gasteiger partial charge in [0.15, 0.2) is 11.9 Å². The summed E-state index contributed by atoms with van der Waals surface area (Å²) in [6.45, 7) is 5.05. The second kappa shape index (κ2) is 8.23. The summed E-state index contributed by atoms with van der Waals surface area (Å²) < 4.78 is 52.5. The van der Waals surface area contributed by atoms with Gasteiger partial charge in [-0.05, 0) is 6.92 Å². The van der Waals surface area contributed by atoms with Crippen molar-refractivity contribution >= 4 is 11.6 Å². The second-order valence-electron chi connectivity index (χ2n) is 9.55. The number of hydrogen-bond donors (Lipinski definition) is 3. The van der Waals surface area contributed by atoms with Gasteiger partial charge in [0.05, 0.1) is 18.4 Å². The summed E-state index contributed by atoms with van der Waals surface area (Å²) in [5, 5.41) is 21.9. The van der Waals surface area contributed by atoms with Gasteiger partial charge in [0, 0.05) is 24.2 Å². The number of alkyl halides is 3. The van der Waals surface area contributed by atoms with Crippen molar-refractivity contribution in [1.29, 1.82) is 0 Å². The monoisotopic (exact) mass is 500 g/mol. The lowest BCUT2D eigenvalue weighted by molar-refractivity contribution is -0.304. The molecular formula is C22H25F3N3O7+. The fourth-order valence-corrected chi connectivity index (χ4v) is 3.90. The molecule has 0 radical (unpaired) electrons. The third-order valence-corrected chi connectivity index (χ3v) is 5.99. The van der Waals surface area contributed by atoms with Crippen LogP contribution in [0.4, 0.5) is 13.2 Å². The van der Waals surface area contributed by atoms with Gasteiger partial charge in [0.2, 0.25) is 17.4 Å². The number of allylic oxidation sites excluding steroid dienone is 2. The number of aromatic nitrogens is 2. The van der Waals surface area contributed by atoms with Crippen molar-refractivity contribution in [3.05, 3.63) is 57.0 Å². The van der Waals surface area contributed by atoms with Crippen molar-refractivity contribution in [2.45, 2.75) is 63.4 Å². The number of aromatic amines is 1. The van der Waals surface area contributed by atoms with Gasteiger partial charge in [-0.25, -0.2) is 9.36 Å². The predicted molar refractivity (Wildman–Crippen MR) is 114 cm³/mol. The fourth-order valence-electron chi connectivity index (χ4n) is 3.90. The van der Waals surface area contributed by atoms with E-state index in [1.165, 1.54) is 46.2 Å². The van der Waals surface area contributed by atoms with Gasteiger partial charge in [-0.2, -0.15) is 13.2 Å². The first-order valence-corrected chi connectivity index (χ1v) is 10.5. The van der Waals surface area contributed by atoms with E-state index < -0.39 is 64.0 Å². The van der Waals surface area contributed by atoms with Crippen LogP contribution in [0.1, 0.15) is 26.3 Å². The van der Waals surface area contributed by atoms with Crippen molar-refractivity contribution in [2.24, 2.45) is 5.41 Å². The van der Waals surface area contributed by atoms with Crippen LogP contribution in [0, 0.1) is 18.4 Å². The summed E-state index contributed by atoms with van der Waals surface area (Å²) in [6.07, 6.45) is 1.30. The third-order valence-electron chi connectivity index (χ3n) is 5.99. The van der Waals surface area contributed by atoms with Crippen LogP contribution in [0.2, 0.25) is 0 Å². The molecule has 0 amide bonds. The SMILES string of the molecule is Cc1cn([C@]2(F)O[C@H](C(O)C(=O)C(C)(C)C)[C@](O)(C(=O)C3[C+]=CC=CN3C)C2(F)F)c(=O)[nH]c1=O. The van der Waals surface area contributed by atoms with E-state index in [1.54, 1.807) is 4.98 Å². The van der Waals surface area contributed by atoms with Crippen LogP contribution in [-0.4, -0.2) is 73.1 Å². The first-order chi connectivity index (χ1) is 15.9. The Morgan fingerprint density at radius 2 is 1.86 bits per heavy atom. The number of Topliss-reactive ketones (excluding diaryl/α,β-unsaturated/α-hetero) is 2. The molecule has 1 aromatic rings. The molecule has 3 heterocycles. The highest BCUT2D eigenvalue weighted by atomic mass is 19.3. The van der Waals surface area contributed by atoms with Crippen LogP contribution in [0.5, 0.6) is 0 Å². The molecule has 10 nitrogen and oxygen atoms in total. The summed E-state index contributed by atoms with van der Waals surface area (Å²) >= 11 is 0. The molecular weight excluding hydrogens is 475 g/mol. The molecule has 13 heteroatoms. The first kappa shape index (κ1) is 26.5. The molecule has 190 valence electrons. The largest absolute Gasteiger partial charge is 0.382 e. The van der Waals surface area contributed by atoms with E-state index in [2.05, 4.69) is 6.08 Å². The zero-order chi connectivity index (χ0) is 26.7. The van der Waals surface area contributed by atoms with Crippen molar-refractivity contribution in [3.63, 3.8) is 0 Å². The number of rotatable bonds is 5. The lowest BCUT2D eigenvalue weighted by Crippen LogP contribution is -2.68. The van der Waals surface area contributed by atoms with Crippen LogP contribution in [0.25, 0.3) is 0 Å². The van der Waals surface area contributed by atoms with E-state index in [4.69, 9.17) is 4.74 Å². The summed E-state index contributed by atoms with van der Waals surface area (Å²) in [4.78, 5) is 52.8. The molecule has 2 aliphatic heterocycles. The Balaban J connectivity index is 2.28. The Hall–Kier alpha value is -3.12. The smallest absolute Gasteiger partial charge is 0.366 e. The van der Waals surface area contributed by atoms with E-state index in [0.717, 1.165) is 11.8 Å². The number of ketones is 2. The molecule has 0 bridgehead atoms. The molecule has 3 N–H and O–H groups in total. The fraction of sp³-hybridized carbons (Fsp3) is 0.545. The topological polar surface area (TPSA) is 142 Å². The Bertz CT molecular complexity index is 1230. The first-order valence-electron chi connectivity index (χ1n) is 10.5. The Morgan fingerprint density at radius 3 is 2.40 bits per heavy atom. The molecule has 0 aromatic carbocycles. The number of nitrogens with zero attached hydrogens (tertiary/aromatic N) is 2. The second-order valence-corrected chi connectivity index (χ2v) is 9.55. The molecule has 0 saturated carbocycles. The molecule has 3 rings (SSSR count). The molecule has 1 fully saturated rings. The number of ether oxygens (including phenoxy) is 1. The number of carbonyl (C=O) groups excluding carboxylic acids is 2. The summed E-state index contributed by atoms with van der Waals surface area (Å²) in [5.74, 6) is -12.7. The quantitative estimate of drug-likeness (QED) is 0.477. The van der Waals surface area contributed by atoms with E-state index in [-0.39, 0.29) is 10.1 Å². The van der Waals surface area contributed by atoms with Crippen molar-refractivity contribution in [3.8, 4) is 0 Å². The third kappa shape index (κ3) is 3.75. The van der Waals surface area contributed by atoms with Crippen molar-refractivity contribution in [1.82, 2.24) is 14.5 Å². The van der Waals surface area contributed by atoms with Crippen LogP contribution in [-0.2, 0) is 20.3 Å². The van der Waals surface area contributed by atoms with Crippen LogP contribution < -0.4 is 11.2 Å². The maximum Gasteiger partial charge on any atom is 0.366 e. The number of H-pyrrole nitrogens is 1. The van der Waals surface area contributed by atoms with E-state index in [1.807, 2.05) is 0 Å². The maximum atomic E-state index is 16.2. The average molecular weight is 500 g/mol. The minimum Gasteiger partial charge on any atom is -0.382 e. The highest BCUT2D eigenvalue weighted by molar-refractivity contribution is 5.97. The molecule has 2 aliphatic rings. The van der Waals surface area contributed by atoms with E-state index in [0.29, 0.717) is 6.20 Å².